The Labute approximate surface area is 244 Å². The molecule has 4 unspecified atom stereocenters. The largest absolute Gasteiger partial charge is 0.346 e. The normalized spacial score (nSPS) is 14.2. The fourth-order valence-corrected chi connectivity index (χ4v) is 5.19. The third-order valence-corrected chi connectivity index (χ3v) is 7.53. The number of unbranched alkanes of at least 4 members (excludes halogenated alkanes) is 1. The van der Waals surface area contributed by atoms with Gasteiger partial charge in [0.15, 0.2) is 11.6 Å². The molecular formula is C31H49N3O5S. The van der Waals surface area contributed by atoms with Gasteiger partial charge in [0.2, 0.25) is 11.8 Å². The number of Topliss-reactive ketones (excluding diaryl/α,β-unsaturated/α-hetero) is 3. The highest BCUT2D eigenvalue weighted by atomic mass is 32.2. The van der Waals surface area contributed by atoms with E-state index in [0.717, 1.165) is 17.7 Å². The fourth-order valence-electron chi connectivity index (χ4n) is 4.67. The van der Waals surface area contributed by atoms with Crippen LogP contribution in [0, 0.1) is 17.8 Å². The van der Waals surface area contributed by atoms with E-state index in [0.29, 0.717) is 38.6 Å². The fraction of sp³-hybridized carbons (Fsp3) is 0.645. The lowest BCUT2D eigenvalue weighted by atomic mass is 9.88. The summed E-state index contributed by atoms with van der Waals surface area (Å²) in [7, 11) is 0. The van der Waals surface area contributed by atoms with E-state index in [9.17, 15) is 24.0 Å². The maximum absolute atomic E-state index is 13.7. The van der Waals surface area contributed by atoms with Crippen LogP contribution in [0.1, 0.15) is 78.2 Å². The van der Waals surface area contributed by atoms with Gasteiger partial charge in [-0.25, -0.2) is 0 Å². The van der Waals surface area contributed by atoms with Crippen LogP contribution in [0.5, 0.6) is 0 Å². The average molecular weight is 576 g/mol. The highest BCUT2D eigenvalue weighted by molar-refractivity contribution is 7.98. The van der Waals surface area contributed by atoms with Crippen LogP contribution in [-0.2, 0) is 30.4 Å². The topological polar surface area (TPSA) is 135 Å². The lowest BCUT2D eigenvalue weighted by molar-refractivity contribution is -0.134. The molecule has 0 heterocycles. The number of carbonyl (C=O) groups is 5. The summed E-state index contributed by atoms with van der Waals surface area (Å²) in [6, 6.07) is 8.04. The van der Waals surface area contributed by atoms with Crippen LogP contribution < -0.4 is 16.4 Å². The van der Waals surface area contributed by atoms with Gasteiger partial charge in [0.25, 0.3) is 0 Å². The van der Waals surface area contributed by atoms with Crippen LogP contribution >= 0.6 is 11.8 Å². The number of nitrogens with two attached hydrogens (primary N) is 1. The number of hydrogen-bond donors (Lipinski definition) is 3. The first-order valence-electron chi connectivity index (χ1n) is 14.3. The van der Waals surface area contributed by atoms with Crippen molar-refractivity contribution in [3.8, 4) is 0 Å². The van der Waals surface area contributed by atoms with Gasteiger partial charge in [-0.1, -0.05) is 44.2 Å². The van der Waals surface area contributed by atoms with Gasteiger partial charge in [-0.05, 0) is 82.4 Å². The minimum Gasteiger partial charge on any atom is -0.346 e. The number of amides is 2. The molecule has 0 radical (unpaired) electrons. The Hall–Kier alpha value is -2.52. The molecule has 4 N–H and O–H groups in total. The Morgan fingerprint density at radius 2 is 1.48 bits per heavy atom. The molecule has 1 aromatic carbocycles. The first kappa shape index (κ1) is 35.5. The van der Waals surface area contributed by atoms with E-state index in [1.165, 1.54) is 13.8 Å². The summed E-state index contributed by atoms with van der Waals surface area (Å²) in [4.78, 5) is 64.4. The van der Waals surface area contributed by atoms with Crippen molar-refractivity contribution in [1.29, 1.82) is 0 Å². The van der Waals surface area contributed by atoms with Crippen LogP contribution in [0.3, 0.4) is 0 Å². The van der Waals surface area contributed by atoms with E-state index < -0.39 is 23.9 Å². The molecular weight excluding hydrogens is 526 g/mol. The standard InChI is InChI=1S/C31H49N3O5S/c1-21(2)17-28(34-30(38)25(14-16-40-5)18-22(3)35)29(37)20-26(19-24-11-7-6-8-12-24)31(39)33-27(23(4)36)13-9-10-15-32/h6-8,11-12,21,25-28H,9-10,13-20,32H2,1-5H3,(H,33,39)(H,34,38). The zero-order chi connectivity index (χ0) is 30.1. The van der Waals surface area contributed by atoms with Gasteiger partial charge in [0.1, 0.15) is 5.78 Å². The molecule has 9 heteroatoms. The molecule has 0 aromatic heterocycles. The van der Waals surface area contributed by atoms with Gasteiger partial charge in [0, 0.05) is 24.7 Å². The summed E-state index contributed by atoms with van der Waals surface area (Å²) in [5.74, 6) is -1.44. The van der Waals surface area contributed by atoms with Gasteiger partial charge in [0.05, 0.1) is 12.1 Å². The van der Waals surface area contributed by atoms with Crippen molar-refractivity contribution in [1.82, 2.24) is 10.6 Å². The Morgan fingerprint density at radius 1 is 0.850 bits per heavy atom. The molecule has 0 aliphatic carbocycles. The smallest absolute Gasteiger partial charge is 0.224 e. The van der Waals surface area contributed by atoms with E-state index in [2.05, 4.69) is 10.6 Å². The molecule has 0 saturated heterocycles. The summed E-state index contributed by atoms with van der Waals surface area (Å²) in [5.41, 5.74) is 6.49. The number of thioether (sulfide) groups is 1. The summed E-state index contributed by atoms with van der Waals surface area (Å²) in [6.45, 7) is 7.37. The minimum atomic E-state index is -0.768. The molecule has 0 aliphatic heterocycles. The van der Waals surface area contributed by atoms with E-state index in [1.807, 2.05) is 50.4 Å². The van der Waals surface area contributed by atoms with E-state index >= 15 is 0 Å². The highest BCUT2D eigenvalue weighted by Gasteiger charge is 2.31. The predicted molar refractivity (Wildman–Crippen MR) is 162 cm³/mol. The second kappa shape index (κ2) is 19.5. The van der Waals surface area contributed by atoms with Crippen molar-refractivity contribution in [2.75, 3.05) is 18.6 Å². The highest BCUT2D eigenvalue weighted by Crippen LogP contribution is 2.19. The molecule has 4 atom stereocenters. The molecule has 0 saturated carbocycles. The molecule has 2 amide bonds. The Bertz CT molecular complexity index is 954. The first-order chi connectivity index (χ1) is 19.0. The zero-order valence-electron chi connectivity index (χ0n) is 24.9. The summed E-state index contributed by atoms with van der Waals surface area (Å²) < 4.78 is 0. The lowest BCUT2D eigenvalue weighted by Crippen LogP contribution is -2.47. The molecule has 0 spiro atoms. The van der Waals surface area contributed by atoms with Crippen LogP contribution in [0.25, 0.3) is 0 Å². The van der Waals surface area contributed by atoms with Crippen molar-refractivity contribution >= 4 is 40.9 Å². The zero-order valence-corrected chi connectivity index (χ0v) is 25.7. The molecule has 1 aromatic rings. The number of benzene rings is 1. The second-order valence-electron chi connectivity index (χ2n) is 11.1. The van der Waals surface area contributed by atoms with Crippen molar-refractivity contribution in [3.05, 3.63) is 35.9 Å². The van der Waals surface area contributed by atoms with Crippen molar-refractivity contribution < 1.29 is 24.0 Å². The molecule has 224 valence electrons. The molecule has 0 bridgehead atoms. The van der Waals surface area contributed by atoms with Crippen LogP contribution in [0.2, 0.25) is 0 Å². The lowest BCUT2D eigenvalue weighted by Gasteiger charge is -2.26. The van der Waals surface area contributed by atoms with Gasteiger partial charge >= 0.3 is 0 Å². The SMILES string of the molecule is CSCCC(CC(C)=O)C(=O)NC(CC(C)C)C(=O)CC(Cc1ccccc1)C(=O)NC(CCCCN)C(C)=O. The number of rotatable bonds is 21. The molecule has 40 heavy (non-hydrogen) atoms. The summed E-state index contributed by atoms with van der Waals surface area (Å²) in [5, 5.41) is 5.79. The van der Waals surface area contributed by atoms with Crippen molar-refractivity contribution in [2.24, 2.45) is 23.5 Å². The molecule has 0 aliphatic rings. The third kappa shape index (κ3) is 14.2. The number of hydrogen-bond acceptors (Lipinski definition) is 7. The van der Waals surface area contributed by atoms with Crippen LogP contribution in [0.15, 0.2) is 30.3 Å². The van der Waals surface area contributed by atoms with E-state index in [4.69, 9.17) is 5.73 Å². The Kier molecular flexibility index (Phi) is 17.3. The van der Waals surface area contributed by atoms with Crippen molar-refractivity contribution in [3.63, 3.8) is 0 Å². The monoisotopic (exact) mass is 575 g/mol. The van der Waals surface area contributed by atoms with Gasteiger partial charge < -0.3 is 21.2 Å². The van der Waals surface area contributed by atoms with Crippen molar-refractivity contribution in [2.45, 2.75) is 91.1 Å². The van der Waals surface area contributed by atoms with Gasteiger partial charge in [-0.2, -0.15) is 11.8 Å². The first-order valence-corrected chi connectivity index (χ1v) is 15.7. The maximum atomic E-state index is 13.7. The Morgan fingerprint density at radius 3 is 2.02 bits per heavy atom. The van der Waals surface area contributed by atoms with Crippen LogP contribution in [0.4, 0.5) is 0 Å². The Balaban J connectivity index is 3.15. The second-order valence-corrected chi connectivity index (χ2v) is 12.1. The van der Waals surface area contributed by atoms with Crippen LogP contribution in [-0.4, -0.2) is 59.8 Å². The summed E-state index contributed by atoms with van der Waals surface area (Å²) in [6.07, 6.45) is 5.25. The summed E-state index contributed by atoms with van der Waals surface area (Å²) >= 11 is 1.60. The van der Waals surface area contributed by atoms with Gasteiger partial charge in [-0.15, -0.1) is 0 Å². The van der Waals surface area contributed by atoms with E-state index in [-0.39, 0.29) is 47.9 Å². The average Bonchev–Trinajstić information content (AvgIpc) is 2.89. The molecule has 8 nitrogen and oxygen atoms in total. The molecule has 0 fully saturated rings. The minimum absolute atomic E-state index is 0.0703. The molecule has 1 rings (SSSR count). The van der Waals surface area contributed by atoms with E-state index in [1.54, 1.807) is 11.8 Å². The number of ketones is 3. The number of carbonyl (C=O) groups excluding carboxylic acids is 5. The quantitative estimate of drug-likeness (QED) is 0.189. The third-order valence-electron chi connectivity index (χ3n) is 6.88. The van der Waals surface area contributed by atoms with Gasteiger partial charge in [-0.3, -0.25) is 19.2 Å². The predicted octanol–water partition coefficient (Wildman–Crippen LogP) is 3.89. The number of nitrogens with one attached hydrogen (secondary N) is 2. The maximum Gasteiger partial charge on any atom is 0.224 e.